The molecule has 2 N–H and O–H groups in total. The van der Waals surface area contributed by atoms with Crippen LogP contribution in [0.4, 0.5) is 4.39 Å². The fraction of sp³-hybridized carbons (Fsp3) is 0.800. The normalized spacial score (nSPS) is 31.9. The summed E-state index contributed by atoms with van der Waals surface area (Å²) >= 11 is 0. The molecule has 240 valence electrons. The van der Waals surface area contributed by atoms with E-state index in [1.165, 1.54) is 6.07 Å². The zero-order chi connectivity index (χ0) is 31.4. The molecule has 5 rings (SSSR count). The summed E-state index contributed by atoms with van der Waals surface area (Å²) in [6, 6.07) is 1.50. The Kier molecular flexibility index (Phi) is 8.80. The highest BCUT2D eigenvalue weighted by molar-refractivity contribution is 5.87. The van der Waals surface area contributed by atoms with E-state index in [-0.39, 0.29) is 57.9 Å². The Bertz CT molecular complexity index is 1180. The summed E-state index contributed by atoms with van der Waals surface area (Å²) in [6.45, 7) is 17.1. The third-order valence-electron chi connectivity index (χ3n) is 10.3. The largest absolute Gasteiger partial charge is 0.462 e. The molecule has 2 saturated carbocycles. The fourth-order valence-electron chi connectivity index (χ4n) is 9.32. The summed E-state index contributed by atoms with van der Waals surface area (Å²) < 4.78 is 27.1. The van der Waals surface area contributed by atoms with Crippen molar-refractivity contribution in [2.45, 2.75) is 160 Å². The number of nitrogens with one attached hydrogen (secondary N) is 2. The van der Waals surface area contributed by atoms with Crippen molar-refractivity contribution in [3.63, 3.8) is 0 Å². The summed E-state index contributed by atoms with van der Waals surface area (Å²) in [5.41, 5.74) is 0.152. The number of pyridine rings is 1. The van der Waals surface area contributed by atoms with E-state index in [0.29, 0.717) is 24.7 Å². The lowest BCUT2D eigenvalue weighted by molar-refractivity contribution is -0.160. The standard InChI is InChI=1S/C35H54FN3O4/c1-32(2)16-26(17-33(3,4)38-32)42-30(40)24-12-11-21-13-23(10-9-22(21)14-24)25-15-28(36)29(37-20-25)31(41)43-27-18-34(5,6)39-35(7,8)19-27/h15,20-24,26-27,38-39H,9-14,16-19H2,1-8H3. The van der Waals surface area contributed by atoms with Gasteiger partial charge in [0, 0.05) is 54.0 Å². The molecule has 4 unspecified atom stereocenters. The number of carbonyl (C=O) groups excluding carboxylic acids is 2. The zero-order valence-corrected chi connectivity index (χ0v) is 27.6. The Morgan fingerprint density at radius 1 is 0.767 bits per heavy atom. The van der Waals surface area contributed by atoms with Crippen molar-refractivity contribution in [1.29, 1.82) is 0 Å². The Morgan fingerprint density at radius 2 is 1.28 bits per heavy atom. The van der Waals surface area contributed by atoms with Crippen LogP contribution in [0.25, 0.3) is 0 Å². The monoisotopic (exact) mass is 599 g/mol. The van der Waals surface area contributed by atoms with Crippen LogP contribution in [0.15, 0.2) is 12.3 Å². The fourth-order valence-corrected chi connectivity index (χ4v) is 9.32. The quantitative estimate of drug-likeness (QED) is 0.358. The average molecular weight is 600 g/mol. The number of hydrogen-bond acceptors (Lipinski definition) is 7. The lowest BCUT2D eigenvalue weighted by Gasteiger charge is -2.46. The number of esters is 2. The molecule has 2 aliphatic heterocycles. The Morgan fingerprint density at radius 3 is 1.84 bits per heavy atom. The smallest absolute Gasteiger partial charge is 0.360 e. The number of nitrogens with zero attached hydrogens (tertiary/aromatic N) is 1. The van der Waals surface area contributed by atoms with Crippen LogP contribution in [-0.4, -0.2) is 51.3 Å². The minimum Gasteiger partial charge on any atom is -0.462 e. The summed E-state index contributed by atoms with van der Waals surface area (Å²) in [7, 11) is 0. The molecule has 43 heavy (non-hydrogen) atoms. The molecule has 0 amide bonds. The predicted octanol–water partition coefficient (Wildman–Crippen LogP) is 6.84. The van der Waals surface area contributed by atoms with Crippen LogP contribution in [0, 0.1) is 23.6 Å². The van der Waals surface area contributed by atoms with Crippen LogP contribution in [0.1, 0.15) is 142 Å². The molecule has 0 spiro atoms. The molecule has 0 radical (unpaired) electrons. The van der Waals surface area contributed by atoms with Crippen LogP contribution < -0.4 is 10.6 Å². The molecule has 1 aromatic rings. The van der Waals surface area contributed by atoms with Gasteiger partial charge < -0.3 is 20.1 Å². The molecule has 2 saturated heterocycles. The molecule has 0 bridgehead atoms. The van der Waals surface area contributed by atoms with Gasteiger partial charge in [0.05, 0.1) is 5.92 Å². The van der Waals surface area contributed by atoms with Crippen LogP contribution >= 0.6 is 0 Å². The molecule has 3 heterocycles. The van der Waals surface area contributed by atoms with Crippen molar-refractivity contribution in [3.05, 3.63) is 29.3 Å². The van der Waals surface area contributed by atoms with Gasteiger partial charge in [-0.2, -0.15) is 0 Å². The Labute approximate surface area is 257 Å². The van der Waals surface area contributed by atoms with Crippen LogP contribution in [0.3, 0.4) is 0 Å². The van der Waals surface area contributed by atoms with Gasteiger partial charge in [0.1, 0.15) is 12.2 Å². The topological polar surface area (TPSA) is 89.5 Å². The SMILES string of the molecule is CC1(C)CC(OC(=O)c2ncc(C3CCC4CC(C(=O)OC5CC(C)(C)NC(C)(C)C5)CCC4C3)cc2F)CC(C)(C)N1. The maximum absolute atomic E-state index is 15.2. The maximum atomic E-state index is 15.2. The van der Waals surface area contributed by atoms with E-state index < -0.39 is 11.8 Å². The average Bonchev–Trinajstić information content (AvgIpc) is 2.84. The number of hydrogen-bond donors (Lipinski definition) is 2. The number of aromatic nitrogens is 1. The van der Waals surface area contributed by atoms with E-state index in [1.807, 2.05) is 0 Å². The van der Waals surface area contributed by atoms with Crippen LogP contribution in [-0.2, 0) is 14.3 Å². The van der Waals surface area contributed by atoms with E-state index in [2.05, 4.69) is 71.0 Å². The highest BCUT2D eigenvalue weighted by Crippen LogP contribution is 2.48. The molecule has 2 aliphatic carbocycles. The minimum absolute atomic E-state index is 0.0237. The Balaban J connectivity index is 1.14. The third kappa shape index (κ3) is 7.97. The second-order valence-corrected chi connectivity index (χ2v) is 16.8. The van der Waals surface area contributed by atoms with Crippen molar-refractivity contribution in [2.24, 2.45) is 17.8 Å². The first-order valence-corrected chi connectivity index (χ1v) is 16.5. The molecular formula is C35H54FN3O4. The number of halogens is 1. The van der Waals surface area contributed by atoms with Gasteiger partial charge in [0.15, 0.2) is 11.5 Å². The summed E-state index contributed by atoms with van der Waals surface area (Å²) in [5.74, 6) is -0.125. The number of ether oxygens (including phenoxy) is 2. The molecule has 4 fully saturated rings. The molecule has 4 aliphatic rings. The maximum Gasteiger partial charge on any atom is 0.360 e. The first-order chi connectivity index (χ1) is 19.9. The molecule has 4 atom stereocenters. The van der Waals surface area contributed by atoms with Crippen LogP contribution in [0.2, 0.25) is 0 Å². The molecule has 7 nitrogen and oxygen atoms in total. The number of piperidine rings is 2. The summed E-state index contributed by atoms with van der Waals surface area (Å²) in [4.78, 5) is 30.4. The summed E-state index contributed by atoms with van der Waals surface area (Å²) in [6.07, 6.45) is 9.97. The predicted molar refractivity (Wildman–Crippen MR) is 165 cm³/mol. The van der Waals surface area contributed by atoms with Gasteiger partial charge >= 0.3 is 11.9 Å². The molecule has 8 heteroatoms. The van der Waals surface area contributed by atoms with Gasteiger partial charge in [0.25, 0.3) is 0 Å². The molecule has 1 aromatic heterocycles. The van der Waals surface area contributed by atoms with E-state index >= 15 is 4.39 Å². The van der Waals surface area contributed by atoms with Crippen molar-refractivity contribution in [3.8, 4) is 0 Å². The summed E-state index contributed by atoms with van der Waals surface area (Å²) in [5, 5.41) is 7.23. The molecular weight excluding hydrogens is 545 g/mol. The number of rotatable bonds is 5. The van der Waals surface area contributed by atoms with Crippen molar-refractivity contribution >= 4 is 11.9 Å². The van der Waals surface area contributed by atoms with Crippen molar-refractivity contribution in [1.82, 2.24) is 15.6 Å². The van der Waals surface area contributed by atoms with Crippen molar-refractivity contribution < 1.29 is 23.5 Å². The first-order valence-electron chi connectivity index (χ1n) is 16.5. The highest BCUT2D eigenvalue weighted by atomic mass is 19.1. The zero-order valence-electron chi connectivity index (χ0n) is 27.6. The van der Waals surface area contributed by atoms with Gasteiger partial charge in [-0.1, -0.05) is 0 Å². The first kappa shape index (κ1) is 32.3. The van der Waals surface area contributed by atoms with Crippen molar-refractivity contribution in [2.75, 3.05) is 0 Å². The lowest BCUT2D eigenvalue weighted by atomic mass is 9.64. The van der Waals surface area contributed by atoms with Gasteiger partial charge in [-0.25, -0.2) is 14.2 Å². The van der Waals surface area contributed by atoms with Gasteiger partial charge in [-0.3, -0.25) is 4.79 Å². The highest BCUT2D eigenvalue weighted by Gasteiger charge is 2.43. The van der Waals surface area contributed by atoms with E-state index in [4.69, 9.17) is 9.47 Å². The minimum atomic E-state index is -0.687. The molecule has 0 aromatic carbocycles. The van der Waals surface area contributed by atoms with E-state index in [9.17, 15) is 9.59 Å². The van der Waals surface area contributed by atoms with Gasteiger partial charge in [0.2, 0.25) is 0 Å². The van der Waals surface area contributed by atoms with E-state index in [0.717, 1.165) is 56.9 Å². The van der Waals surface area contributed by atoms with Gasteiger partial charge in [-0.05, 0) is 123 Å². The number of carbonyl (C=O) groups is 2. The third-order valence-corrected chi connectivity index (χ3v) is 10.3. The second-order valence-electron chi connectivity index (χ2n) is 16.8. The Hall–Kier alpha value is -2.06. The number of fused-ring (bicyclic) bond motifs is 1. The van der Waals surface area contributed by atoms with E-state index in [1.54, 1.807) is 6.20 Å². The van der Waals surface area contributed by atoms with Gasteiger partial charge in [-0.15, -0.1) is 0 Å². The van der Waals surface area contributed by atoms with Crippen LogP contribution in [0.5, 0.6) is 0 Å². The second kappa shape index (κ2) is 11.7. The lowest BCUT2D eigenvalue weighted by Crippen LogP contribution is -2.59.